The lowest BCUT2D eigenvalue weighted by molar-refractivity contribution is -0.159. The molecule has 4 rings (SSSR count). The van der Waals surface area contributed by atoms with Gasteiger partial charge in [0.2, 0.25) is 5.82 Å². The third-order valence-electron chi connectivity index (χ3n) is 4.68. The van der Waals surface area contributed by atoms with Crippen LogP contribution in [0.15, 0.2) is 59.3 Å². The number of benzene rings is 2. The van der Waals surface area contributed by atoms with Gasteiger partial charge in [-0.1, -0.05) is 35.5 Å². The van der Waals surface area contributed by atoms with Crippen LogP contribution in [-0.2, 0) is 12.7 Å². The molecule has 0 fully saturated rings. The van der Waals surface area contributed by atoms with E-state index in [0.29, 0.717) is 24.2 Å². The normalized spacial score (nSPS) is 11.7. The summed E-state index contributed by atoms with van der Waals surface area (Å²) in [4.78, 5) is 15.6. The second-order valence-electron chi connectivity index (χ2n) is 6.78. The number of aromatic nitrogens is 3. The fraction of sp³-hybridized carbons (Fsp3) is 0.190. The van der Waals surface area contributed by atoms with Gasteiger partial charge >= 0.3 is 12.1 Å². The number of carbonyl (C=O) groups is 1. The van der Waals surface area contributed by atoms with Gasteiger partial charge in [-0.2, -0.15) is 18.2 Å². The molecule has 0 saturated carbocycles. The third-order valence-corrected chi connectivity index (χ3v) is 4.68. The van der Waals surface area contributed by atoms with Crippen molar-refractivity contribution in [3.8, 4) is 11.4 Å². The van der Waals surface area contributed by atoms with Gasteiger partial charge in [0, 0.05) is 41.3 Å². The molecular formula is C21H17F3N4O2. The second-order valence-corrected chi connectivity index (χ2v) is 6.78. The summed E-state index contributed by atoms with van der Waals surface area (Å²) in [7, 11) is 0. The van der Waals surface area contributed by atoms with Crippen LogP contribution in [0.1, 0.15) is 21.8 Å². The molecule has 6 nitrogen and oxygen atoms in total. The Morgan fingerprint density at radius 2 is 1.93 bits per heavy atom. The Morgan fingerprint density at radius 3 is 2.63 bits per heavy atom. The van der Waals surface area contributed by atoms with Crippen LogP contribution < -0.4 is 5.32 Å². The van der Waals surface area contributed by atoms with E-state index in [2.05, 4.69) is 20.0 Å². The van der Waals surface area contributed by atoms with Crippen molar-refractivity contribution < 1.29 is 22.5 Å². The molecular weight excluding hydrogens is 397 g/mol. The Balaban J connectivity index is 1.54. The molecule has 0 aliphatic rings. The van der Waals surface area contributed by atoms with Crippen LogP contribution in [0, 0.1) is 6.92 Å². The average molecular weight is 414 g/mol. The Labute approximate surface area is 169 Å². The highest BCUT2D eigenvalue weighted by atomic mass is 19.4. The van der Waals surface area contributed by atoms with Crippen LogP contribution >= 0.6 is 0 Å². The van der Waals surface area contributed by atoms with Crippen molar-refractivity contribution in [1.29, 1.82) is 0 Å². The summed E-state index contributed by atoms with van der Waals surface area (Å²) in [5, 5.41) is 7.26. The average Bonchev–Trinajstić information content (AvgIpc) is 3.34. The maximum atomic E-state index is 12.7. The zero-order chi connectivity index (χ0) is 21.3. The van der Waals surface area contributed by atoms with E-state index < -0.39 is 12.1 Å². The van der Waals surface area contributed by atoms with Gasteiger partial charge in [0.1, 0.15) is 0 Å². The summed E-state index contributed by atoms with van der Waals surface area (Å²) in [5.74, 6) is -1.68. The topological polar surface area (TPSA) is 73.0 Å². The number of nitrogens with zero attached hydrogens (tertiary/aromatic N) is 3. The number of alkyl halides is 3. The molecule has 1 N–H and O–H groups in total. The number of fused-ring (bicyclic) bond motifs is 1. The molecule has 0 spiro atoms. The lowest BCUT2D eigenvalue weighted by Gasteiger charge is -2.08. The van der Waals surface area contributed by atoms with E-state index in [-0.39, 0.29) is 11.7 Å². The quantitative estimate of drug-likeness (QED) is 0.524. The van der Waals surface area contributed by atoms with Crippen LogP contribution in [-0.4, -0.2) is 27.2 Å². The highest BCUT2D eigenvalue weighted by Crippen LogP contribution is 2.31. The monoisotopic (exact) mass is 414 g/mol. The Hall–Kier alpha value is -3.62. The first-order valence-corrected chi connectivity index (χ1v) is 9.17. The van der Waals surface area contributed by atoms with E-state index in [9.17, 15) is 18.0 Å². The molecule has 0 aliphatic carbocycles. The van der Waals surface area contributed by atoms with Crippen molar-refractivity contribution in [2.24, 2.45) is 0 Å². The first-order chi connectivity index (χ1) is 14.3. The highest BCUT2D eigenvalue weighted by Gasteiger charge is 2.38. The fourth-order valence-corrected chi connectivity index (χ4v) is 3.24. The van der Waals surface area contributed by atoms with Crippen LogP contribution in [0.5, 0.6) is 0 Å². The van der Waals surface area contributed by atoms with Crippen molar-refractivity contribution in [2.45, 2.75) is 19.6 Å². The molecule has 30 heavy (non-hydrogen) atoms. The van der Waals surface area contributed by atoms with Gasteiger partial charge in [0.25, 0.3) is 5.91 Å². The summed E-state index contributed by atoms with van der Waals surface area (Å²) < 4.78 is 44.4. The Morgan fingerprint density at radius 1 is 1.17 bits per heavy atom. The van der Waals surface area contributed by atoms with Crippen LogP contribution in [0.25, 0.3) is 22.3 Å². The predicted molar refractivity (Wildman–Crippen MR) is 104 cm³/mol. The molecule has 2 aromatic carbocycles. The molecule has 9 heteroatoms. The maximum Gasteiger partial charge on any atom is 0.471 e. The van der Waals surface area contributed by atoms with Crippen molar-refractivity contribution in [2.75, 3.05) is 6.54 Å². The van der Waals surface area contributed by atoms with Crippen molar-refractivity contribution in [3.05, 3.63) is 71.7 Å². The summed E-state index contributed by atoms with van der Waals surface area (Å²) in [6.45, 7) is 2.82. The maximum absolute atomic E-state index is 12.7. The van der Waals surface area contributed by atoms with E-state index in [4.69, 9.17) is 0 Å². The number of hydrogen-bond donors (Lipinski definition) is 1. The van der Waals surface area contributed by atoms with Crippen LogP contribution in [0.2, 0.25) is 0 Å². The van der Waals surface area contributed by atoms with Crippen molar-refractivity contribution >= 4 is 16.8 Å². The van der Waals surface area contributed by atoms with E-state index in [1.165, 1.54) is 0 Å². The zero-order valence-corrected chi connectivity index (χ0v) is 15.9. The number of aryl methyl sites for hydroxylation is 1. The van der Waals surface area contributed by atoms with Crippen LogP contribution in [0.3, 0.4) is 0 Å². The molecule has 4 aromatic rings. The van der Waals surface area contributed by atoms with Gasteiger partial charge < -0.3 is 14.4 Å². The second kappa shape index (κ2) is 7.66. The number of nitrogens with one attached hydrogen (secondary N) is 1. The molecule has 2 heterocycles. The van der Waals surface area contributed by atoms with E-state index in [0.717, 1.165) is 16.5 Å². The minimum atomic E-state index is -4.69. The molecule has 0 saturated heterocycles. The van der Waals surface area contributed by atoms with E-state index in [1.54, 1.807) is 36.4 Å². The van der Waals surface area contributed by atoms with Crippen LogP contribution in [0.4, 0.5) is 13.2 Å². The highest BCUT2D eigenvalue weighted by molar-refractivity contribution is 5.94. The first-order valence-electron chi connectivity index (χ1n) is 9.17. The van der Waals surface area contributed by atoms with Gasteiger partial charge in [0.15, 0.2) is 0 Å². The molecule has 0 aliphatic heterocycles. The minimum absolute atomic E-state index is 0.132. The number of halogens is 3. The Bertz CT molecular complexity index is 1200. The fourth-order valence-electron chi connectivity index (χ4n) is 3.24. The minimum Gasteiger partial charge on any atom is -0.350 e. The van der Waals surface area contributed by atoms with Crippen molar-refractivity contribution in [1.82, 2.24) is 20.0 Å². The number of carbonyl (C=O) groups excluding carboxylic acids is 1. The van der Waals surface area contributed by atoms with Gasteiger partial charge in [-0.25, -0.2) is 0 Å². The molecule has 1 amide bonds. The molecule has 154 valence electrons. The molecule has 2 aromatic heterocycles. The number of hydrogen-bond acceptors (Lipinski definition) is 4. The van der Waals surface area contributed by atoms with Gasteiger partial charge in [0.05, 0.1) is 0 Å². The summed E-state index contributed by atoms with van der Waals surface area (Å²) in [6.07, 6.45) is -2.76. The molecule has 0 bridgehead atoms. The lowest BCUT2D eigenvalue weighted by atomic mass is 10.1. The van der Waals surface area contributed by atoms with Gasteiger partial charge in [-0.15, -0.1) is 0 Å². The van der Waals surface area contributed by atoms with E-state index in [1.807, 2.05) is 29.8 Å². The largest absolute Gasteiger partial charge is 0.471 e. The summed E-state index contributed by atoms with van der Waals surface area (Å²) >= 11 is 0. The zero-order valence-electron chi connectivity index (χ0n) is 15.9. The third kappa shape index (κ3) is 3.91. The number of amides is 1. The predicted octanol–water partition coefficient (Wildman–Crippen LogP) is 4.45. The van der Waals surface area contributed by atoms with Gasteiger partial charge in [-0.3, -0.25) is 4.79 Å². The molecule has 0 radical (unpaired) electrons. The number of rotatable bonds is 5. The summed E-state index contributed by atoms with van der Waals surface area (Å²) in [5.41, 5.74) is 2.80. The SMILES string of the molecule is Cc1cn(CCNC(=O)c2ccccc2)c2cc(-c3noc(C(F)(F)F)n3)ccc12. The lowest BCUT2D eigenvalue weighted by Crippen LogP contribution is -2.27. The Kier molecular flexibility index (Phi) is 5.03. The smallest absolute Gasteiger partial charge is 0.350 e. The first kappa shape index (κ1) is 19.7. The molecule has 0 unspecified atom stereocenters. The molecule has 0 atom stereocenters. The van der Waals surface area contributed by atoms with E-state index >= 15 is 0 Å². The van der Waals surface area contributed by atoms with Gasteiger partial charge in [-0.05, 0) is 30.7 Å². The summed E-state index contributed by atoms with van der Waals surface area (Å²) in [6, 6.07) is 14.1. The standard InChI is InChI=1S/C21H17F3N4O2/c1-13-12-28(10-9-25-19(29)14-5-3-2-4-6-14)17-11-15(7-8-16(13)17)18-26-20(30-27-18)21(22,23)24/h2-8,11-12H,9-10H2,1H3,(H,25,29). The van der Waals surface area contributed by atoms with Crippen molar-refractivity contribution in [3.63, 3.8) is 0 Å².